The topological polar surface area (TPSA) is 51.2 Å². The van der Waals surface area contributed by atoms with Gasteiger partial charge in [-0.3, -0.25) is 9.78 Å². The first-order valence-corrected chi connectivity index (χ1v) is 9.27. The van der Waals surface area contributed by atoms with E-state index in [1.54, 1.807) is 13.2 Å². The fourth-order valence-electron chi connectivity index (χ4n) is 3.72. The van der Waals surface area contributed by atoms with Crippen LogP contribution in [0, 0.1) is 20.8 Å². The molecule has 3 aromatic rings. The second-order valence-corrected chi connectivity index (χ2v) is 7.55. The number of carbonyl (C=O) groups excluding carboxylic acids is 1. The molecular formula is C23H24N2O2. The number of fused-ring (bicyclic) bond motifs is 1. The highest BCUT2D eigenvalue weighted by Crippen LogP contribution is 2.48. The van der Waals surface area contributed by atoms with Gasteiger partial charge in [-0.2, -0.15) is 0 Å². The second kappa shape index (κ2) is 6.38. The molecule has 1 heterocycles. The molecule has 1 aromatic heterocycles. The number of carbonyl (C=O) groups is 1. The van der Waals surface area contributed by atoms with Gasteiger partial charge < -0.3 is 10.1 Å². The van der Waals surface area contributed by atoms with Gasteiger partial charge in [0.15, 0.2) is 0 Å². The summed E-state index contributed by atoms with van der Waals surface area (Å²) in [4.78, 5) is 17.7. The Hall–Kier alpha value is -2.88. The van der Waals surface area contributed by atoms with Crippen molar-refractivity contribution in [2.45, 2.75) is 39.2 Å². The molecule has 0 aliphatic heterocycles. The lowest BCUT2D eigenvalue weighted by Crippen LogP contribution is -2.35. The summed E-state index contributed by atoms with van der Waals surface area (Å²) in [6.45, 7) is 6.03. The van der Waals surface area contributed by atoms with Crippen LogP contribution in [-0.4, -0.2) is 18.0 Å². The van der Waals surface area contributed by atoms with Crippen LogP contribution in [0.15, 0.2) is 42.5 Å². The number of rotatable bonds is 4. The summed E-state index contributed by atoms with van der Waals surface area (Å²) < 4.78 is 5.29. The third-order valence-corrected chi connectivity index (χ3v) is 5.40. The van der Waals surface area contributed by atoms with Gasteiger partial charge in [0.1, 0.15) is 5.75 Å². The number of amides is 1. The zero-order chi connectivity index (χ0) is 19.2. The minimum atomic E-state index is -0.312. The molecule has 0 spiro atoms. The molecule has 0 radical (unpaired) electrons. The van der Waals surface area contributed by atoms with E-state index in [1.807, 2.05) is 32.0 Å². The Balaban J connectivity index is 1.73. The normalized spacial score (nSPS) is 14.8. The van der Waals surface area contributed by atoms with Crippen LogP contribution in [0.4, 0.5) is 0 Å². The number of nitrogens with zero attached hydrogens (tertiary/aromatic N) is 1. The Bertz CT molecular complexity index is 1050. The molecule has 1 aliphatic rings. The van der Waals surface area contributed by atoms with E-state index in [-0.39, 0.29) is 11.4 Å². The van der Waals surface area contributed by atoms with Crippen molar-refractivity contribution in [2.24, 2.45) is 0 Å². The van der Waals surface area contributed by atoms with E-state index < -0.39 is 0 Å². The Morgan fingerprint density at radius 2 is 1.85 bits per heavy atom. The fourth-order valence-corrected chi connectivity index (χ4v) is 3.72. The molecule has 4 heteroatoms. The van der Waals surface area contributed by atoms with E-state index in [0.29, 0.717) is 11.3 Å². The molecule has 1 aliphatic carbocycles. The largest absolute Gasteiger partial charge is 0.497 e. The molecular weight excluding hydrogens is 336 g/mol. The first kappa shape index (κ1) is 17.5. The smallest absolute Gasteiger partial charge is 0.252 e. The van der Waals surface area contributed by atoms with Crippen molar-refractivity contribution < 1.29 is 9.53 Å². The second-order valence-electron chi connectivity index (χ2n) is 7.55. The number of ether oxygens (including phenoxy) is 1. The number of aryl methyl sites for hydroxylation is 3. The summed E-state index contributed by atoms with van der Waals surface area (Å²) in [5.74, 6) is 0.634. The zero-order valence-electron chi connectivity index (χ0n) is 16.2. The summed E-state index contributed by atoms with van der Waals surface area (Å²) in [6, 6.07) is 14.0. The third kappa shape index (κ3) is 3.16. The average Bonchev–Trinajstić information content (AvgIpc) is 3.41. The van der Waals surface area contributed by atoms with E-state index >= 15 is 0 Å². The maximum atomic E-state index is 13.1. The van der Waals surface area contributed by atoms with E-state index in [2.05, 4.69) is 35.4 Å². The molecule has 27 heavy (non-hydrogen) atoms. The Labute approximate surface area is 159 Å². The molecule has 0 atom stereocenters. The predicted octanol–water partition coefficient (Wildman–Crippen LogP) is 4.59. The Morgan fingerprint density at radius 1 is 1.07 bits per heavy atom. The molecule has 1 fully saturated rings. The SMILES string of the molecule is COc1ccc(C)c(C(=O)NC2(c3cc(C)cc4nc(C)ccc34)CC2)c1. The quantitative estimate of drug-likeness (QED) is 0.740. The lowest BCUT2D eigenvalue weighted by molar-refractivity contribution is 0.0930. The van der Waals surface area contributed by atoms with Crippen molar-refractivity contribution in [2.75, 3.05) is 7.11 Å². The van der Waals surface area contributed by atoms with Crippen LogP contribution < -0.4 is 10.1 Å². The molecule has 1 amide bonds. The van der Waals surface area contributed by atoms with E-state index in [9.17, 15) is 4.79 Å². The molecule has 0 bridgehead atoms. The van der Waals surface area contributed by atoms with Gasteiger partial charge in [-0.15, -0.1) is 0 Å². The molecule has 0 saturated heterocycles. The van der Waals surface area contributed by atoms with Crippen molar-refractivity contribution >= 4 is 16.8 Å². The monoisotopic (exact) mass is 360 g/mol. The van der Waals surface area contributed by atoms with E-state index in [4.69, 9.17) is 4.74 Å². The lowest BCUT2D eigenvalue weighted by atomic mass is 9.96. The van der Waals surface area contributed by atoms with Crippen molar-refractivity contribution in [1.82, 2.24) is 10.3 Å². The fraction of sp³-hybridized carbons (Fsp3) is 0.304. The van der Waals surface area contributed by atoms with Gasteiger partial charge in [-0.25, -0.2) is 0 Å². The van der Waals surface area contributed by atoms with Gasteiger partial charge in [0.05, 0.1) is 18.2 Å². The van der Waals surface area contributed by atoms with Gasteiger partial charge >= 0.3 is 0 Å². The summed E-state index contributed by atoms with van der Waals surface area (Å²) in [5.41, 5.74) is 5.60. The summed E-state index contributed by atoms with van der Waals surface area (Å²) >= 11 is 0. The van der Waals surface area contributed by atoms with Crippen LogP contribution in [0.25, 0.3) is 10.9 Å². The van der Waals surface area contributed by atoms with Crippen molar-refractivity contribution in [1.29, 1.82) is 0 Å². The molecule has 0 unspecified atom stereocenters. The van der Waals surface area contributed by atoms with Crippen molar-refractivity contribution in [3.63, 3.8) is 0 Å². The average molecular weight is 360 g/mol. The third-order valence-electron chi connectivity index (χ3n) is 5.40. The minimum Gasteiger partial charge on any atom is -0.497 e. The Morgan fingerprint density at radius 3 is 2.56 bits per heavy atom. The van der Waals surface area contributed by atoms with Crippen LogP contribution in [0.2, 0.25) is 0 Å². The molecule has 2 aromatic carbocycles. The van der Waals surface area contributed by atoms with Crippen molar-refractivity contribution in [3.8, 4) is 5.75 Å². The van der Waals surface area contributed by atoms with Crippen LogP contribution >= 0.6 is 0 Å². The molecule has 138 valence electrons. The maximum absolute atomic E-state index is 13.1. The molecule has 1 N–H and O–H groups in total. The van der Waals surface area contributed by atoms with Crippen LogP contribution in [0.3, 0.4) is 0 Å². The summed E-state index contributed by atoms with van der Waals surface area (Å²) in [5, 5.41) is 4.42. The summed E-state index contributed by atoms with van der Waals surface area (Å²) in [7, 11) is 1.61. The number of methoxy groups -OCH3 is 1. The molecule has 4 nitrogen and oxygen atoms in total. The molecule has 4 rings (SSSR count). The first-order valence-electron chi connectivity index (χ1n) is 9.27. The highest BCUT2D eigenvalue weighted by Gasteiger charge is 2.47. The number of nitrogens with one attached hydrogen (secondary N) is 1. The van der Waals surface area contributed by atoms with E-state index in [1.165, 1.54) is 5.56 Å². The Kier molecular flexibility index (Phi) is 4.14. The molecule has 1 saturated carbocycles. The van der Waals surface area contributed by atoms with Gasteiger partial charge in [-0.05, 0) is 74.6 Å². The van der Waals surface area contributed by atoms with E-state index in [0.717, 1.165) is 40.6 Å². The lowest BCUT2D eigenvalue weighted by Gasteiger charge is -2.21. The number of hydrogen-bond donors (Lipinski definition) is 1. The first-order chi connectivity index (χ1) is 12.9. The highest BCUT2D eigenvalue weighted by atomic mass is 16.5. The van der Waals surface area contributed by atoms with Crippen LogP contribution in [0.1, 0.15) is 45.6 Å². The standard InChI is InChI=1S/C23H24N2O2/c1-14-11-20(18-8-6-16(3)24-21(18)12-14)23(9-10-23)25-22(26)19-13-17(27-4)7-5-15(19)2/h5-8,11-13H,9-10H2,1-4H3,(H,25,26). The van der Waals surface area contributed by atoms with Crippen LogP contribution in [0.5, 0.6) is 5.75 Å². The highest BCUT2D eigenvalue weighted by molar-refractivity contribution is 5.97. The predicted molar refractivity (Wildman–Crippen MR) is 107 cm³/mol. The number of hydrogen-bond acceptors (Lipinski definition) is 3. The van der Waals surface area contributed by atoms with Crippen molar-refractivity contribution in [3.05, 3.63) is 70.4 Å². The maximum Gasteiger partial charge on any atom is 0.252 e. The van der Waals surface area contributed by atoms with Gasteiger partial charge in [0.2, 0.25) is 0 Å². The van der Waals surface area contributed by atoms with Gasteiger partial charge in [0, 0.05) is 16.6 Å². The van der Waals surface area contributed by atoms with Gasteiger partial charge in [-0.1, -0.05) is 18.2 Å². The van der Waals surface area contributed by atoms with Gasteiger partial charge in [0.25, 0.3) is 5.91 Å². The minimum absolute atomic E-state index is 0.0568. The summed E-state index contributed by atoms with van der Waals surface area (Å²) in [6.07, 6.45) is 1.88. The van der Waals surface area contributed by atoms with Crippen LogP contribution in [-0.2, 0) is 5.54 Å². The number of aromatic nitrogens is 1. The number of pyridine rings is 1. The number of benzene rings is 2. The zero-order valence-corrected chi connectivity index (χ0v) is 16.2.